The number of rotatable bonds is 8. The molecule has 0 aliphatic heterocycles. The highest BCUT2D eigenvalue weighted by Gasteiger charge is 2.49. The average molecular weight is 330 g/mol. The van der Waals surface area contributed by atoms with Crippen LogP contribution in [0.25, 0.3) is 0 Å². The van der Waals surface area contributed by atoms with Crippen LogP contribution in [0.4, 0.5) is 5.69 Å². The van der Waals surface area contributed by atoms with Gasteiger partial charge in [-0.1, -0.05) is 13.8 Å². The van der Waals surface area contributed by atoms with Crippen LogP contribution in [0.1, 0.15) is 50.4 Å². The Kier molecular flexibility index (Phi) is 6.12. The van der Waals surface area contributed by atoms with Crippen LogP contribution in [0.5, 0.6) is 0 Å². The van der Waals surface area contributed by atoms with Gasteiger partial charge in [-0.25, -0.2) is 0 Å². The molecule has 5 nitrogen and oxygen atoms in total. The van der Waals surface area contributed by atoms with E-state index in [4.69, 9.17) is 0 Å². The number of hydrogen-bond acceptors (Lipinski definition) is 3. The fourth-order valence-corrected chi connectivity index (χ4v) is 2.89. The summed E-state index contributed by atoms with van der Waals surface area (Å²) in [6.07, 6.45) is 2.48. The molecule has 1 saturated carbocycles. The minimum atomic E-state index is -0.235. The van der Waals surface area contributed by atoms with Gasteiger partial charge in [0.05, 0.1) is 11.8 Å². The molecule has 5 heteroatoms. The summed E-state index contributed by atoms with van der Waals surface area (Å²) >= 11 is 0. The average Bonchev–Trinajstić information content (AvgIpc) is 3.35. The summed E-state index contributed by atoms with van der Waals surface area (Å²) in [4.78, 5) is 37.9. The quantitative estimate of drug-likeness (QED) is 0.745. The molecule has 130 valence electrons. The summed E-state index contributed by atoms with van der Waals surface area (Å²) in [5.41, 5.74) is 1.27. The summed E-state index contributed by atoms with van der Waals surface area (Å²) in [7, 11) is 0. The van der Waals surface area contributed by atoms with E-state index in [1.165, 1.54) is 6.92 Å². The molecular formula is C19H26N2O3. The van der Waals surface area contributed by atoms with Gasteiger partial charge in [0.2, 0.25) is 11.8 Å². The summed E-state index contributed by atoms with van der Waals surface area (Å²) < 4.78 is 0. The fourth-order valence-electron chi connectivity index (χ4n) is 2.89. The third-order valence-electron chi connectivity index (χ3n) is 4.30. The Morgan fingerprint density at radius 3 is 2.12 bits per heavy atom. The van der Waals surface area contributed by atoms with Crippen LogP contribution >= 0.6 is 0 Å². The number of hydrogen-bond donors (Lipinski definition) is 1. The molecule has 2 amide bonds. The lowest BCUT2D eigenvalue weighted by Gasteiger charge is -2.21. The molecule has 1 aromatic rings. The Bertz CT molecular complexity index is 604. The molecule has 1 aromatic carbocycles. The first-order valence-corrected chi connectivity index (χ1v) is 8.68. The first-order valence-electron chi connectivity index (χ1n) is 8.68. The number of ketones is 1. The van der Waals surface area contributed by atoms with Crippen LogP contribution in [0.2, 0.25) is 0 Å². The van der Waals surface area contributed by atoms with Crippen molar-refractivity contribution in [1.29, 1.82) is 0 Å². The zero-order chi connectivity index (χ0) is 17.7. The molecule has 24 heavy (non-hydrogen) atoms. The summed E-state index contributed by atoms with van der Waals surface area (Å²) in [6, 6.07) is 6.82. The molecule has 2 atom stereocenters. The second kappa shape index (κ2) is 8.08. The standard InChI is InChI=1S/C19H26N2O3/c1-4-10-21(11-5-2)19(24)17-12-16(17)18(23)20-15-8-6-14(7-9-15)13(3)22/h6-9,16-17H,4-5,10-12H2,1-3H3,(H,20,23). The molecule has 0 aromatic heterocycles. The summed E-state index contributed by atoms with van der Waals surface area (Å²) in [6.45, 7) is 7.12. The Labute approximate surface area is 143 Å². The van der Waals surface area contributed by atoms with Crippen molar-refractivity contribution in [3.63, 3.8) is 0 Å². The topological polar surface area (TPSA) is 66.5 Å². The van der Waals surface area contributed by atoms with Crippen LogP contribution in [0.3, 0.4) is 0 Å². The lowest BCUT2D eigenvalue weighted by molar-refractivity contribution is -0.134. The Morgan fingerprint density at radius 2 is 1.62 bits per heavy atom. The van der Waals surface area contributed by atoms with Gasteiger partial charge in [0, 0.05) is 24.3 Å². The van der Waals surface area contributed by atoms with Gasteiger partial charge in [-0.2, -0.15) is 0 Å². The van der Waals surface area contributed by atoms with E-state index < -0.39 is 0 Å². The Balaban J connectivity index is 1.90. The number of Topliss-reactive ketones (excluding diaryl/α,β-unsaturated/α-hetero) is 1. The number of anilines is 1. The van der Waals surface area contributed by atoms with E-state index in [1.54, 1.807) is 24.3 Å². The van der Waals surface area contributed by atoms with Crippen molar-refractivity contribution < 1.29 is 14.4 Å². The smallest absolute Gasteiger partial charge is 0.228 e. The molecule has 1 aliphatic carbocycles. The van der Waals surface area contributed by atoms with Crippen LogP contribution in [0, 0.1) is 11.8 Å². The van der Waals surface area contributed by atoms with Gasteiger partial charge < -0.3 is 10.2 Å². The lowest BCUT2D eigenvalue weighted by atomic mass is 10.1. The lowest BCUT2D eigenvalue weighted by Crippen LogP contribution is -2.34. The molecule has 1 fully saturated rings. The first kappa shape index (κ1) is 18.2. The maximum absolute atomic E-state index is 12.5. The van der Waals surface area contributed by atoms with E-state index in [9.17, 15) is 14.4 Å². The highest BCUT2D eigenvalue weighted by atomic mass is 16.2. The normalized spacial score (nSPS) is 18.8. The maximum Gasteiger partial charge on any atom is 0.228 e. The molecule has 1 aliphatic rings. The van der Waals surface area contributed by atoms with Crippen molar-refractivity contribution in [2.75, 3.05) is 18.4 Å². The van der Waals surface area contributed by atoms with E-state index in [0.717, 1.165) is 25.9 Å². The van der Waals surface area contributed by atoms with Gasteiger partial charge in [-0.05, 0) is 50.5 Å². The number of amides is 2. The third kappa shape index (κ3) is 4.43. The van der Waals surface area contributed by atoms with E-state index >= 15 is 0 Å². The molecular weight excluding hydrogens is 304 g/mol. The minimum absolute atomic E-state index is 0.00679. The predicted molar refractivity (Wildman–Crippen MR) is 93.8 cm³/mol. The van der Waals surface area contributed by atoms with Crippen molar-refractivity contribution >= 4 is 23.3 Å². The van der Waals surface area contributed by atoms with Crippen molar-refractivity contribution in [3.8, 4) is 0 Å². The van der Waals surface area contributed by atoms with Crippen LogP contribution in [-0.2, 0) is 9.59 Å². The van der Waals surface area contributed by atoms with Gasteiger partial charge in [-0.3, -0.25) is 14.4 Å². The van der Waals surface area contributed by atoms with Gasteiger partial charge in [0.15, 0.2) is 5.78 Å². The minimum Gasteiger partial charge on any atom is -0.342 e. The van der Waals surface area contributed by atoms with Gasteiger partial charge >= 0.3 is 0 Å². The number of carbonyl (C=O) groups excluding carboxylic acids is 3. The van der Waals surface area contributed by atoms with E-state index in [0.29, 0.717) is 17.7 Å². The van der Waals surface area contributed by atoms with Crippen molar-refractivity contribution in [2.24, 2.45) is 11.8 Å². The molecule has 0 heterocycles. The summed E-state index contributed by atoms with van der Waals surface area (Å²) in [5.74, 6) is -0.434. The molecule has 0 bridgehead atoms. The van der Waals surface area contributed by atoms with Crippen molar-refractivity contribution in [2.45, 2.75) is 40.0 Å². The Morgan fingerprint density at radius 1 is 1.04 bits per heavy atom. The molecule has 2 unspecified atom stereocenters. The van der Waals surface area contributed by atoms with E-state index in [-0.39, 0.29) is 29.4 Å². The SMILES string of the molecule is CCCN(CCC)C(=O)C1CC1C(=O)Nc1ccc(C(C)=O)cc1. The molecule has 0 saturated heterocycles. The molecule has 1 N–H and O–H groups in total. The van der Waals surface area contributed by atoms with Gasteiger partial charge in [0.25, 0.3) is 0 Å². The fraction of sp³-hybridized carbons (Fsp3) is 0.526. The third-order valence-corrected chi connectivity index (χ3v) is 4.30. The van der Waals surface area contributed by atoms with Gasteiger partial charge in [0.1, 0.15) is 0 Å². The number of carbonyl (C=O) groups is 3. The van der Waals surface area contributed by atoms with Crippen LogP contribution in [0.15, 0.2) is 24.3 Å². The second-order valence-corrected chi connectivity index (χ2v) is 6.40. The zero-order valence-corrected chi connectivity index (χ0v) is 14.7. The number of benzene rings is 1. The van der Waals surface area contributed by atoms with Crippen LogP contribution in [-0.4, -0.2) is 35.6 Å². The highest BCUT2D eigenvalue weighted by molar-refractivity contribution is 6.00. The largest absolute Gasteiger partial charge is 0.342 e. The van der Waals surface area contributed by atoms with Crippen molar-refractivity contribution in [1.82, 2.24) is 4.90 Å². The molecule has 2 rings (SSSR count). The zero-order valence-electron chi connectivity index (χ0n) is 14.7. The van der Waals surface area contributed by atoms with Crippen molar-refractivity contribution in [3.05, 3.63) is 29.8 Å². The monoisotopic (exact) mass is 330 g/mol. The predicted octanol–water partition coefficient (Wildman–Crippen LogP) is 3.11. The Hall–Kier alpha value is -2.17. The maximum atomic E-state index is 12.5. The van der Waals surface area contributed by atoms with E-state index in [2.05, 4.69) is 19.2 Å². The number of nitrogens with one attached hydrogen (secondary N) is 1. The summed E-state index contributed by atoms with van der Waals surface area (Å²) in [5, 5.41) is 2.84. The number of nitrogens with zero attached hydrogens (tertiary/aromatic N) is 1. The van der Waals surface area contributed by atoms with Gasteiger partial charge in [-0.15, -0.1) is 0 Å². The highest BCUT2D eigenvalue weighted by Crippen LogP contribution is 2.41. The molecule has 0 radical (unpaired) electrons. The second-order valence-electron chi connectivity index (χ2n) is 6.40. The van der Waals surface area contributed by atoms with E-state index in [1.807, 2.05) is 4.90 Å². The first-order chi connectivity index (χ1) is 11.5. The molecule has 0 spiro atoms. The van der Waals surface area contributed by atoms with Crippen LogP contribution < -0.4 is 5.32 Å².